The Morgan fingerprint density at radius 3 is 2.07 bits per heavy atom. The van der Waals surface area contributed by atoms with Crippen LogP contribution in [0.2, 0.25) is 0 Å². The molecule has 1 heterocycles. The van der Waals surface area contributed by atoms with Crippen molar-refractivity contribution in [2.45, 2.75) is 58.8 Å². The number of rotatable bonds is 1. The lowest BCUT2D eigenvalue weighted by molar-refractivity contribution is 0.577. The number of hydrogen-bond acceptors (Lipinski definition) is 3. The summed E-state index contributed by atoms with van der Waals surface area (Å²) in [6.07, 6.45) is 3.97. The fourth-order valence-electron chi connectivity index (χ4n) is 0.875. The summed E-state index contributed by atoms with van der Waals surface area (Å²) in [4.78, 5) is 4.53. The van der Waals surface area contributed by atoms with Crippen LogP contribution < -0.4 is 0 Å². The molecule has 1 atom stereocenters. The van der Waals surface area contributed by atoms with Gasteiger partial charge in [-0.25, -0.2) is 4.40 Å². The van der Waals surface area contributed by atoms with Gasteiger partial charge in [0, 0.05) is 12.4 Å². The molecule has 15 heavy (non-hydrogen) atoms. The molecule has 0 N–H and O–H groups in total. The molecular weight excluding hydrogens is 204 g/mol. The molecule has 3 heteroatoms. The normalized spacial score (nSPS) is 28.3. The van der Waals surface area contributed by atoms with E-state index in [4.69, 9.17) is 0 Å². The van der Waals surface area contributed by atoms with Crippen LogP contribution in [0.5, 0.6) is 0 Å². The fraction of sp³-hybridized carbons (Fsp3) is 0.833. The molecule has 0 aromatic carbocycles. The van der Waals surface area contributed by atoms with E-state index in [2.05, 4.69) is 50.2 Å². The Bertz CT molecular complexity index is 244. The maximum Gasteiger partial charge on any atom is 0.0904 e. The van der Waals surface area contributed by atoms with Crippen molar-refractivity contribution in [3.63, 3.8) is 0 Å². The summed E-state index contributed by atoms with van der Waals surface area (Å²) in [6.45, 7) is 14.7. The highest BCUT2D eigenvalue weighted by Gasteiger charge is 2.30. The minimum Gasteiger partial charge on any atom is -0.284 e. The Labute approximate surface area is 98.8 Å². The van der Waals surface area contributed by atoms with Crippen LogP contribution in [-0.4, -0.2) is 22.7 Å². The second kappa shape index (κ2) is 5.69. The third-order valence-electron chi connectivity index (χ3n) is 2.42. The Hall–Kier alpha value is -0.310. The summed E-state index contributed by atoms with van der Waals surface area (Å²) in [5, 5.41) is 0. The molecule has 88 valence electrons. The first-order chi connectivity index (χ1) is 6.86. The average Bonchev–Trinajstić information content (AvgIpc) is 2.30. The smallest absolute Gasteiger partial charge is 0.0904 e. The standard InChI is InChI=1S/C10H18N2S.C2H6/c1-8(2)10(5)7-11-9(3,4)6-12-13-10;1-2/h6-8H,1-5H3;1-2H3. The molecule has 1 rings (SSSR count). The van der Waals surface area contributed by atoms with E-state index in [1.807, 2.05) is 20.1 Å². The fourth-order valence-corrected chi connectivity index (χ4v) is 1.72. The van der Waals surface area contributed by atoms with Crippen molar-refractivity contribution in [3.8, 4) is 0 Å². The van der Waals surface area contributed by atoms with E-state index in [1.54, 1.807) is 11.9 Å². The van der Waals surface area contributed by atoms with E-state index < -0.39 is 0 Å². The van der Waals surface area contributed by atoms with E-state index in [9.17, 15) is 0 Å². The van der Waals surface area contributed by atoms with E-state index >= 15 is 0 Å². The second-order valence-corrected chi connectivity index (χ2v) is 5.85. The van der Waals surface area contributed by atoms with Gasteiger partial charge in [-0.3, -0.25) is 4.99 Å². The Balaban J connectivity index is 0.000000921. The summed E-state index contributed by atoms with van der Waals surface area (Å²) in [7, 11) is 0. The number of hydrogen-bond donors (Lipinski definition) is 0. The van der Waals surface area contributed by atoms with Crippen molar-refractivity contribution in [2.24, 2.45) is 15.3 Å². The van der Waals surface area contributed by atoms with Gasteiger partial charge in [-0.15, -0.1) is 0 Å². The highest BCUT2D eigenvalue weighted by molar-refractivity contribution is 8.00. The van der Waals surface area contributed by atoms with Crippen LogP contribution in [0.25, 0.3) is 0 Å². The van der Waals surface area contributed by atoms with Crippen molar-refractivity contribution in [1.29, 1.82) is 0 Å². The van der Waals surface area contributed by atoms with Crippen LogP contribution in [0.4, 0.5) is 0 Å². The van der Waals surface area contributed by atoms with Crippen LogP contribution in [0.15, 0.2) is 9.39 Å². The summed E-state index contributed by atoms with van der Waals surface area (Å²) < 4.78 is 4.41. The van der Waals surface area contributed by atoms with Gasteiger partial charge in [0.2, 0.25) is 0 Å². The Kier molecular flexibility index (Phi) is 5.57. The zero-order chi connectivity index (χ0) is 12.1. The molecule has 2 nitrogen and oxygen atoms in total. The minimum atomic E-state index is -0.139. The highest BCUT2D eigenvalue weighted by Crippen LogP contribution is 2.34. The molecule has 0 aromatic rings. The lowest BCUT2D eigenvalue weighted by atomic mass is 9.98. The van der Waals surface area contributed by atoms with Gasteiger partial charge in [-0.05, 0) is 38.6 Å². The zero-order valence-electron chi connectivity index (χ0n) is 11.0. The summed E-state index contributed by atoms with van der Waals surface area (Å²) >= 11 is 1.62. The molecular formula is C12H24N2S. The SMILES string of the molecule is CC.CC(C)C1(C)C=NC(C)(C)C=NS1. The van der Waals surface area contributed by atoms with Gasteiger partial charge in [0.15, 0.2) is 0 Å². The Morgan fingerprint density at radius 2 is 1.60 bits per heavy atom. The first-order valence-corrected chi connectivity index (χ1v) is 6.42. The molecule has 1 aliphatic rings. The summed E-state index contributed by atoms with van der Waals surface area (Å²) in [5.74, 6) is 0.548. The predicted octanol–water partition coefficient (Wildman–Crippen LogP) is 4.01. The molecule has 0 bridgehead atoms. The third-order valence-corrected chi connectivity index (χ3v) is 3.60. The lowest BCUT2D eigenvalue weighted by Gasteiger charge is -2.25. The van der Waals surface area contributed by atoms with E-state index in [0.717, 1.165) is 0 Å². The van der Waals surface area contributed by atoms with Gasteiger partial charge in [0.05, 0.1) is 10.3 Å². The van der Waals surface area contributed by atoms with E-state index in [1.165, 1.54) is 0 Å². The van der Waals surface area contributed by atoms with Crippen LogP contribution in [0.3, 0.4) is 0 Å². The van der Waals surface area contributed by atoms with Gasteiger partial charge in [-0.2, -0.15) is 0 Å². The number of nitrogens with zero attached hydrogens (tertiary/aromatic N) is 2. The minimum absolute atomic E-state index is 0.0459. The maximum atomic E-state index is 4.53. The van der Waals surface area contributed by atoms with Gasteiger partial charge in [0.25, 0.3) is 0 Å². The number of aliphatic imine (C=N–C) groups is 1. The average molecular weight is 228 g/mol. The molecule has 0 saturated heterocycles. The molecule has 0 saturated carbocycles. The molecule has 0 spiro atoms. The monoisotopic (exact) mass is 228 g/mol. The molecule has 0 aliphatic carbocycles. The molecule has 1 unspecified atom stereocenters. The van der Waals surface area contributed by atoms with Crippen molar-refractivity contribution in [2.75, 3.05) is 0 Å². The van der Waals surface area contributed by atoms with Crippen LogP contribution in [0, 0.1) is 5.92 Å². The van der Waals surface area contributed by atoms with E-state index in [0.29, 0.717) is 5.92 Å². The highest BCUT2D eigenvalue weighted by atomic mass is 32.2. The summed E-state index contributed by atoms with van der Waals surface area (Å²) in [6, 6.07) is 0. The maximum absolute atomic E-state index is 4.53. The van der Waals surface area contributed by atoms with Crippen LogP contribution in [-0.2, 0) is 0 Å². The molecule has 1 aliphatic heterocycles. The van der Waals surface area contributed by atoms with Gasteiger partial charge in [0.1, 0.15) is 0 Å². The van der Waals surface area contributed by atoms with Gasteiger partial charge < -0.3 is 0 Å². The quantitative estimate of drug-likeness (QED) is 0.622. The van der Waals surface area contributed by atoms with Crippen LogP contribution >= 0.6 is 11.9 Å². The lowest BCUT2D eigenvalue weighted by Crippen LogP contribution is -2.29. The van der Waals surface area contributed by atoms with Crippen molar-refractivity contribution >= 4 is 24.4 Å². The molecule has 0 amide bonds. The second-order valence-electron chi connectivity index (χ2n) is 4.58. The summed E-state index contributed by atoms with van der Waals surface area (Å²) in [5.41, 5.74) is -0.139. The third kappa shape index (κ3) is 4.37. The first-order valence-electron chi connectivity index (χ1n) is 5.65. The van der Waals surface area contributed by atoms with Crippen LogP contribution in [0.1, 0.15) is 48.5 Å². The Morgan fingerprint density at radius 1 is 1.07 bits per heavy atom. The van der Waals surface area contributed by atoms with Crippen molar-refractivity contribution in [3.05, 3.63) is 0 Å². The first kappa shape index (κ1) is 14.7. The molecule has 0 radical (unpaired) electrons. The topological polar surface area (TPSA) is 24.7 Å². The largest absolute Gasteiger partial charge is 0.284 e. The van der Waals surface area contributed by atoms with Gasteiger partial charge in [-0.1, -0.05) is 27.7 Å². The van der Waals surface area contributed by atoms with Crippen molar-refractivity contribution < 1.29 is 0 Å². The van der Waals surface area contributed by atoms with E-state index in [-0.39, 0.29) is 10.3 Å². The molecule has 0 aromatic heterocycles. The van der Waals surface area contributed by atoms with Crippen molar-refractivity contribution in [1.82, 2.24) is 0 Å². The predicted molar refractivity (Wildman–Crippen MR) is 73.2 cm³/mol. The molecule has 0 fully saturated rings. The zero-order valence-corrected chi connectivity index (χ0v) is 11.9. The van der Waals surface area contributed by atoms with Gasteiger partial charge >= 0.3 is 0 Å².